The van der Waals surface area contributed by atoms with Crippen LogP contribution in [0.5, 0.6) is 5.75 Å². The van der Waals surface area contributed by atoms with E-state index in [4.69, 9.17) is 9.84 Å². The smallest absolute Gasteiger partial charge is 0.303 e. The number of likely N-dealkylation sites (tertiary alicyclic amines) is 1. The van der Waals surface area contributed by atoms with E-state index in [0.29, 0.717) is 30.8 Å². The molecule has 1 heterocycles. The number of methoxy groups -OCH3 is 1. The Labute approximate surface area is 147 Å². The average molecular weight is 348 g/mol. The van der Waals surface area contributed by atoms with Crippen LogP contribution in [-0.2, 0) is 9.59 Å². The van der Waals surface area contributed by atoms with Crippen LogP contribution in [0.15, 0.2) is 24.3 Å². The molecule has 7 heteroatoms. The van der Waals surface area contributed by atoms with Gasteiger partial charge >= 0.3 is 5.97 Å². The molecule has 1 saturated heterocycles. The number of hydrogen-bond donors (Lipinski definition) is 2. The minimum Gasteiger partial charge on any atom is -0.497 e. The second-order valence-electron chi connectivity index (χ2n) is 6.20. The lowest BCUT2D eigenvalue weighted by molar-refractivity contribution is -0.137. The third-order valence-corrected chi connectivity index (χ3v) is 4.37. The van der Waals surface area contributed by atoms with E-state index in [-0.39, 0.29) is 30.7 Å². The highest BCUT2D eigenvalue weighted by molar-refractivity contribution is 5.96. The van der Waals surface area contributed by atoms with E-state index in [1.807, 2.05) is 0 Å². The summed E-state index contributed by atoms with van der Waals surface area (Å²) in [6.07, 6.45) is 2.50. The molecule has 0 aliphatic carbocycles. The number of nitrogens with one attached hydrogen (secondary N) is 1. The molecule has 2 N–H and O–H groups in total. The number of piperidine rings is 1. The Balaban J connectivity index is 1.82. The number of nitrogens with zero attached hydrogens (tertiary/aromatic N) is 1. The monoisotopic (exact) mass is 348 g/mol. The third kappa shape index (κ3) is 5.77. The first-order valence-electron chi connectivity index (χ1n) is 8.41. The van der Waals surface area contributed by atoms with Crippen molar-refractivity contribution in [1.29, 1.82) is 0 Å². The number of hydrogen-bond acceptors (Lipinski definition) is 4. The van der Waals surface area contributed by atoms with Gasteiger partial charge in [0.15, 0.2) is 0 Å². The minimum absolute atomic E-state index is 0.0678. The zero-order valence-electron chi connectivity index (χ0n) is 14.4. The Kier molecular flexibility index (Phi) is 6.80. The van der Waals surface area contributed by atoms with E-state index in [1.165, 1.54) is 7.11 Å². The number of carbonyl (C=O) groups excluding carboxylic acids is 2. The summed E-state index contributed by atoms with van der Waals surface area (Å²) in [7, 11) is 1.53. The quantitative estimate of drug-likeness (QED) is 0.779. The lowest BCUT2D eigenvalue weighted by Crippen LogP contribution is -2.45. The molecule has 1 aromatic rings. The molecular weight excluding hydrogens is 324 g/mol. The average Bonchev–Trinajstić information content (AvgIpc) is 2.64. The van der Waals surface area contributed by atoms with Crippen molar-refractivity contribution in [1.82, 2.24) is 10.2 Å². The molecule has 0 radical (unpaired) electrons. The van der Waals surface area contributed by atoms with Crippen LogP contribution in [0.1, 0.15) is 36.0 Å². The molecule has 1 aromatic carbocycles. The molecule has 1 aliphatic heterocycles. The van der Waals surface area contributed by atoms with E-state index in [0.717, 1.165) is 12.8 Å². The van der Waals surface area contributed by atoms with Gasteiger partial charge < -0.3 is 20.1 Å². The van der Waals surface area contributed by atoms with Crippen LogP contribution in [0.25, 0.3) is 0 Å². The Morgan fingerprint density at radius 2 is 2.16 bits per heavy atom. The fourth-order valence-corrected chi connectivity index (χ4v) is 2.99. The highest BCUT2D eigenvalue weighted by Gasteiger charge is 2.24. The van der Waals surface area contributed by atoms with Gasteiger partial charge in [-0.05, 0) is 43.4 Å². The van der Waals surface area contributed by atoms with Gasteiger partial charge in [0.25, 0.3) is 5.91 Å². The van der Waals surface area contributed by atoms with Gasteiger partial charge in [-0.3, -0.25) is 14.4 Å². The number of ether oxygens (including phenoxy) is 1. The summed E-state index contributed by atoms with van der Waals surface area (Å²) in [5.41, 5.74) is 0.435. The Bertz CT molecular complexity index is 632. The standard InChI is InChI=1S/C18H24N2O5/c1-25-15-6-2-5-14(10-15)18(24)19-11-16(21)20-9-3-4-13(12-20)7-8-17(22)23/h2,5-6,10,13H,3-4,7-9,11-12H2,1H3,(H,19,24)(H,22,23). The largest absolute Gasteiger partial charge is 0.497 e. The second kappa shape index (κ2) is 9.05. The molecular formula is C18H24N2O5. The van der Waals surface area contributed by atoms with Crippen LogP contribution in [-0.4, -0.2) is 54.5 Å². The summed E-state index contributed by atoms with van der Waals surface area (Å²) in [5, 5.41) is 11.4. The van der Waals surface area contributed by atoms with Crippen LogP contribution >= 0.6 is 0 Å². The van der Waals surface area contributed by atoms with Crippen molar-refractivity contribution >= 4 is 17.8 Å². The minimum atomic E-state index is -0.811. The number of rotatable bonds is 7. The van der Waals surface area contributed by atoms with Crippen LogP contribution in [0.3, 0.4) is 0 Å². The summed E-state index contributed by atoms with van der Waals surface area (Å²) >= 11 is 0. The van der Waals surface area contributed by atoms with Gasteiger partial charge in [-0.25, -0.2) is 0 Å². The molecule has 1 fully saturated rings. The molecule has 1 atom stereocenters. The molecule has 0 saturated carbocycles. The summed E-state index contributed by atoms with van der Waals surface area (Å²) in [6.45, 7) is 1.14. The molecule has 1 unspecified atom stereocenters. The van der Waals surface area contributed by atoms with Gasteiger partial charge in [-0.2, -0.15) is 0 Å². The fraction of sp³-hybridized carbons (Fsp3) is 0.500. The molecule has 136 valence electrons. The first-order valence-corrected chi connectivity index (χ1v) is 8.41. The van der Waals surface area contributed by atoms with Gasteiger partial charge in [0.05, 0.1) is 13.7 Å². The number of carbonyl (C=O) groups is 3. The maximum atomic E-state index is 12.3. The molecule has 2 rings (SSSR count). The van der Waals surface area contributed by atoms with Gasteiger partial charge in [0, 0.05) is 25.1 Å². The van der Waals surface area contributed by atoms with Gasteiger partial charge in [-0.1, -0.05) is 6.07 Å². The third-order valence-electron chi connectivity index (χ3n) is 4.37. The van der Waals surface area contributed by atoms with Gasteiger partial charge in [-0.15, -0.1) is 0 Å². The Hall–Kier alpha value is -2.57. The number of carboxylic acids is 1. The lowest BCUT2D eigenvalue weighted by atomic mass is 9.93. The van der Waals surface area contributed by atoms with Crippen molar-refractivity contribution in [3.63, 3.8) is 0 Å². The molecule has 25 heavy (non-hydrogen) atoms. The summed E-state index contributed by atoms with van der Waals surface area (Å²) in [5.74, 6) is -0.490. The first kappa shape index (κ1) is 18.8. The molecule has 0 aromatic heterocycles. The van der Waals surface area contributed by atoms with Gasteiger partial charge in [0.1, 0.15) is 5.75 Å². The first-order chi connectivity index (χ1) is 12.0. The maximum Gasteiger partial charge on any atom is 0.303 e. The van der Waals surface area contributed by atoms with Crippen molar-refractivity contribution < 1.29 is 24.2 Å². The molecule has 0 bridgehead atoms. The van der Waals surface area contributed by atoms with E-state index >= 15 is 0 Å². The van der Waals surface area contributed by atoms with Crippen molar-refractivity contribution in [2.45, 2.75) is 25.7 Å². The van der Waals surface area contributed by atoms with Crippen molar-refractivity contribution in [3.8, 4) is 5.75 Å². The zero-order chi connectivity index (χ0) is 18.2. The highest BCUT2D eigenvalue weighted by atomic mass is 16.5. The fourth-order valence-electron chi connectivity index (χ4n) is 2.99. The number of amides is 2. The van der Waals surface area contributed by atoms with E-state index in [2.05, 4.69) is 5.32 Å². The normalized spacial score (nSPS) is 17.0. The van der Waals surface area contributed by atoms with Crippen molar-refractivity contribution in [2.24, 2.45) is 5.92 Å². The predicted octanol–water partition coefficient (Wildman–Crippen LogP) is 1.53. The number of carboxylic acid groups (broad SMARTS) is 1. The summed E-state index contributed by atoms with van der Waals surface area (Å²) in [6, 6.07) is 6.73. The van der Waals surface area contributed by atoms with E-state index in [9.17, 15) is 14.4 Å². The predicted molar refractivity (Wildman–Crippen MR) is 91.5 cm³/mol. The second-order valence-corrected chi connectivity index (χ2v) is 6.20. The SMILES string of the molecule is COc1cccc(C(=O)NCC(=O)N2CCCC(CCC(=O)O)C2)c1. The number of aliphatic carboxylic acids is 1. The van der Waals surface area contributed by atoms with Crippen molar-refractivity contribution in [2.75, 3.05) is 26.7 Å². The summed E-state index contributed by atoms with van der Waals surface area (Å²) < 4.78 is 5.08. The maximum absolute atomic E-state index is 12.3. The Morgan fingerprint density at radius 1 is 1.36 bits per heavy atom. The zero-order valence-corrected chi connectivity index (χ0v) is 14.4. The molecule has 0 spiro atoms. The van der Waals surface area contributed by atoms with Crippen LogP contribution in [0, 0.1) is 5.92 Å². The number of benzene rings is 1. The van der Waals surface area contributed by atoms with E-state index in [1.54, 1.807) is 29.2 Å². The van der Waals surface area contributed by atoms with E-state index < -0.39 is 5.97 Å². The van der Waals surface area contributed by atoms with Crippen LogP contribution in [0.4, 0.5) is 0 Å². The Morgan fingerprint density at radius 3 is 2.88 bits per heavy atom. The molecule has 2 amide bonds. The van der Waals surface area contributed by atoms with Crippen LogP contribution < -0.4 is 10.1 Å². The van der Waals surface area contributed by atoms with Gasteiger partial charge in [0.2, 0.25) is 5.91 Å². The lowest BCUT2D eigenvalue weighted by Gasteiger charge is -2.32. The van der Waals surface area contributed by atoms with Crippen LogP contribution in [0.2, 0.25) is 0 Å². The summed E-state index contributed by atoms with van der Waals surface area (Å²) in [4.78, 5) is 36.8. The molecule has 7 nitrogen and oxygen atoms in total. The highest BCUT2D eigenvalue weighted by Crippen LogP contribution is 2.21. The topological polar surface area (TPSA) is 95.9 Å². The van der Waals surface area contributed by atoms with Crippen molar-refractivity contribution in [3.05, 3.63) is 29.8 Å². The molecule has 1 aliphatic rings.